The highest BCUT2D eigenvalue weighted by Crippen LogP contribution is 2.15. The summed E-state index contributed by atoms with van der Waals surface area (Å²) in [7, 11) is 0. The third kappa shape index (κ3) is 4.20. The summed E-state index contributed by atoms with van der Waals surface area (Å²) in [5.41, 5.74) is 1.35. The summed E-state index contributed by atoms with van der Waals surface area (Å²) >= 11 is 1.79. The van der Waals surface area contributed by atoms with Gasteiger partial charge in [0.05, 0.1) is 6.33 Å². The number of benzene rings is 1. The molecule has 0 radical (unpaired) electrons. The van der Waals surface area contributed by atoms with Gasteiger partial charge in [0.1, 0.15) is 0 Å². The highest BCUT2D eigenvalue weighted by atomic mass is 32.2. The summed E-state index contributed by atoms with van der Waals surface area (Å²) in [5, 5.41) is 3.47. The first-order valence-corrected chi connectivity index (χ1v) is 7.40. The van der Waals surface area contributed by atoms with Gasteiger partial charge in [0.25, 0.3) is 0 Å². The summed E-state index contributed by atoms with van der Waals surface area (Å²) in [6.45, 7) is 3.00. The predicted molar refractivity (Wildman–Crippen MR) is 76.8 cm³/mol. The van der Waals surface area contributed by atoms with Gasteiger partial charge in [-0.05, 0) is 36.9 Å². The van der Waals surface area contributed by atoms with E-state index >= 15 is 0 Å². The Hall–Kier alpha value is -1.26. The smallest absolute Gasteiger partial charge is 0.0945 e. The van der Waals surface area contributed by atoms with E-state index < -0.39 is 0 Å². The topological polar surface area (TPSA) is 29.9 Å². The molecule has 96 valence electrons. The fourth-order valence-corrected chi connectivity index (χ4v) is 2.30. The number of nitrogens with one attached hydrogen (secondary N) is 1. The monoisotopic (exact) mass is 261 g/mol. The molecule has 0 spiro atoms. The molecule has 0 aliphatic heterocycles. The fraction of sp³-hybridized carbons (Fsp3) is 0.357. The van der Waals surface area contributed by atoms with Crippen LogP contribution in [0.5, 0.6) is 0 Å². The molecule has 1 aromatic carbocycles. The second-order valence-corrected chi connectivity index (χ2v) is 5.06. The van der Waals surface area contributed by atoms with Gasteiger partial charge in [0.2, 0.25) is 0 Å². The summed E-state index contributed by atoms with van der Waals surface area (Å²) in [6.07, 6.45) is 8.92. The van der Waals surface area contributed by atoms with Gasteiger partial charge < -0.3 is 9.88 Å². The number of aryl methyl sites for hydroxylation is 1. The molecule has 0 aliphatic rings. The predicted octanol–water partition coefficient (Wildman–Crippen LogP) is 2.78. The molecular weight excluding hydrogens is 242 g/mol. The number of thioether (sulfide) groups is 1. The lowest BCUT2D eigenvalue weighted by molar-refractivity contribution is 0.580. The number of rotatable bonds is 7. The van der Waals surface area contributed by atoms with Crippen LogP contribution in [0.15, 0.2) is 47.9 Å². The first-order valence-electron chi connectivity index (χ1n) is 6.18. The molecule has 1 N–H and O–H groups in total. The van der Waals surface area contributed by atoms with Crippen molar-refractivity contribution in [3.05, 3.63) is 48.5 Å². The number of aromatic nitrogens is 2. The van der Waals surface area contributed by atoms with Crippen molar-refractivity contribution in [1.29, 1.82) is 0 Å². The van der Waals surface area contributed by atoms with E-state index in [4.69, 9.17) is 0 Å². The Morgan fingerprint density at radius 3 is 3.11 bits per heavy atom. The minimum absolute atomic E-state index is 0.943. The van der Waals surface area contributed by atoms with Crippen LogP contribution in [-0.4, -0.2) is 22.4 Å². The Balaban J connectivity index is 1.65. The number of hydrogen-bond donors (Lipinski definition) is 1. The molecule has 0 atom stereocenters. The molecule has 3 nitrogen and oxygen atoms in total. The van der Waals surface area contributed by atoms with Crippen LogP contribution in [0.2, 0.25) is 0 Å². The van der Waals surface area contributed by atoms with Crippen LogP contribution in [-0.2, 0) is 13.1 Å². The third-order valence-corrected chi connectivity index (χ3v) is 3.52. The Labute approximate surface area is 113 Å². The highest BCUT2D eigenvalue weighted by molar-refractivity contribution is 7.98. The second-order valence-electron chi connectivity index (χ2n) is 4.18. The molecule has 1 aromatic heterocycles. The molecule has 0 bridgehead atoms. The molecule has 0 fully saturated rings. The molecular formula is C14H19N3S. The maximum absolute atomic E-state index is 4.03. The van der Waals surface area contributed by atoms with Crippen molar-refractivity contribution in [2.45, 2.75) is 24.4 Å². The molecule has 0 saturated carbocycles. The maximum Gasteiger partial charge on any atom is 0.0945 e. The van der Waals surface area contributed by atoms with Gasteiger partial charge in [0, 0.05) is 30.4 Å². The van der Waals surface area contributed by atoms with Crippen molar-refractivity contribution in [2.75, 3.05) is 12.8 Å². The van der Waals surface area contributed by atoms with Gasteiger partial charge in [0.15, 0.2) is 0 Å². The molecule has 1 heterocycles. The summed E-state index contributed by atoms with van der Waals surface area (Å²) in [6, 6.07) is 8.68. The van der Waals surface area contributed by atoms with Crippen molar-refractivity contribution in [3.8, 4) is 0 Å². The van der Waals surface area contributed by atoms with E-state index in [-0.39, 0.29) is 0 Å². The van der Waals surface area contributed by atoms with E-state index in [9.17, 15) is 0 Å². The number of nitrogens with zero attached hydrogens (tertiary/aromatic N) is 2. The van der Waals surface area contributed by atoms with E-state index in [2.05, 4.69) is 45.4 Å². The standard InChI is InChI=1S/C14H19N3S/c1-18-14-5-2-4-13(10-14)11-15-6-3-8-17-9-7-16-12-17/h2,4-5,7,9-10,12,15H,3,6,8,11H2,1H3. The molecule has 0 unspecified atom stereocenters. The largest absolute Gasteiger partial charge is 0.337 e. The molecule has 2 rings (SSSR count). The second kappa shape index (κ2) is 7.24. The Kier molecular flexibility index (Phi) is 5.30. The molecule has 0 saturated heterocycles. The first kappa shape index (κ1) is 13.2. The van der Waals surface area contributed by atoms with Crippen LogP contribution < -0.4 is 5.32 Å². The SMILES string of the molecule is CSc1cccc(CNCCCn2ccnc2)c1. The van der Waals surface area contributed by atoms with Crippen LogP contribution >= 0.6 is 11.8 Å². The Morgan fingerprint density at radius 2 is 2.33 bits per heavy atom. The summed E-state index contributed by atoms with van der Waals surface area (Å²) in [4.78, 5) is 5.35. The van der Waals surface area contributed by atoms with Gasteiger partial charge in [-0.1, -0.05) is 12.1 Å². The first-order chi connectivity index (χ1) is 8.88. The van der Waals surface area contributed by atoms with Crippen molar-refractivity contribution in [2.24, 2.45) is 0 Å². The van der Waals surface area contributed by atoms with Gasteiger partial charge in [-0.3, -0.25) is 0 Å². The Morgan fingerprint density at radius 1 is 1.39 bits per heavy atom. The normalized spacial score (nSPS) is 10.7. The molecule has 4 heteroatoms. The quantitative estimate of drug-likeness (QED) is 0.614. The lowest BCUT2D eigenvalue weighted by Gasteiger charge is -2.06. The average molecular weight is 261 g/mol. The van der Waals surface area contributed by atoms with Gasteiger partial charge in [-0.15, -0.1) is 11.8 Å². The van der Waals surface area contributed by atoms with E-state index in [0.717, 1.165) is 26.1 Å². The highest BCUT2D eigenvalue weighted by Gasteiger charge is 1.95. The fourth-order valence-electron chi connectivity index (χ4n) is 1.82. The van der Waals surface area contributed by atoms with E-state index in [1.54, 1.807) is 11.8 Å². The lowest BCUT2D eigenvalue weighted by atomic mass is 10.2. The molecule has 0 amide bonds. The minimum Gasteiger partial charge on any atom is -0.337 e. The van der Waals surface area contributed by atoms with Crippen molar-refractivity contribution >= 4 is 11.8 Å². The van der Waals surface area contributed by atoms with Crippen LogP contribution in [0.4, 0.5) is 0 Å². The van der Waals surface area contributed by atoms with Crippen LogP contribution in [0, 0.1) is 0 Å². The van der Waals surface area contributed by atoms with Gasteiger partial charge in [-0.2, -0.15) is 0 Å². The van der Waals surface area contributed by atoms with Crippen LogP contribution in [0.1, 0.15) is 12.0 Å². The minimum atomic E-state index is 0.943. The van der Waals surface area contributed by atoms with Gasteiger partial charge >= 0.3 is 0 Å². The summed E-state index contributed by atoms with van der Waals surface area (Å²) < 4.78 is 2.11. The average Bonchev–Trinajstić information content (AvgIpc) is 2.92. The number of hydrogen-bond acceptors (Lipinski definition) is 3. The maximum atomic E-state index is 4.03. The van der Waals surface area contributed by atoms with Crippen LogP contribution in [0.3, 0.4) is 0 Å². The summed E-state index contributed by atoms with van der Waals surface area (Å²) in [5.74, 6) is 0. The van der Waals surface area contributed by atoms with E-state index in [1.807, 2.05) is 18.7 Å². The Bertz CT molecular complexity index is 454. The molecule has 0 aliphatic carbocycles. The van der Waals surface area contributed by atoms with E-state index in [0.29, 0.717) is 0 Å². The van der Waals surface area contributed by atoms with Crippen molar-refractivity contribution in [3.63, 3.8) is 0 Å². The number of imidazole rings is 1. The lowest BCUT2D eigenvalue weighted by Crippen LogP contribution is -2.16. The zero-order valence-corrected chi connectivity index (χ0v) is 11.5. The van der Waals surface area contributed by atoms with E-state index in [1.165, 1.54) is 10.5 Å². The van der Waals surface area contributed by atoms with Crippen molar-refractivity contribution in [1.82, 2.24) is 14.9 Å². The molecule has 18 heavy (non-hydrogen) atoms. The molecule has 2 aromatic rings. The zero-order chi connectivity index (χ0) is 12.6. The van der Waals surface area contributed by atoms with Crippen LogP contribution in [0.25, 0.3) is 0 Å². The third-order valence-electron chi connectivity index (χ3n) is 2.79. The van der Waals surface area contributed by atoms with Gasteiger partial charge in [-0.25, -0.2) is 4.98 Å². The zero-order valence-electron chi connectivity index (χ0n) is 10.7. The van der Waals surface area contributed by atoms with Crippen molar-refractivity contribution < 1.29 is 0 Å².